The molecular weight excluding hydrogens is 248 g/mol. The number of carbonyl (C=O) groups is 1. The third-order valence-corrected chi connectivity index (χ3v) is 4.31. The van der Waals surface area contributed by atoms with Gasteiger partial charge in [-0.15, -0.1) is 0 Å². The largest absolute Gasteiger partial charge is 0.361 e. The Balaban J connectivity index is 1.50. The molecule has 106 valence electrons. The molecule has 2 N–H and O–H groups in total. The first-order valence-corrected chi connectivity index (χ1v) is 7.67. The van der Waals surface area contributed by atoms with Crippen molar-refractivity contribution >= 4 is 16.8 Å². The van der Waals surface area contributed by atoms with Gasteiger partial charge < -0.3 is 10.3 Å². The SMILES string of the molecule is O=C(NCCc1ccc2[nH]ccc2c1)C1CCCCC1. The molecule has 1 heterocycles. The van der Waals surface area contributed by atoms with E-state index in [1.54, 1.807) is 0 Å². The summed E-state index contributed by atoms with van der Waals surface area (Å²) < 4.78 is 0. The number of nitrogens with one attached hydrogen (secondary N) is 2. The molecule has 0 saturated heterocycles. The summed E-state index contributed by atoms with van der Waals surface area (Å²) in [6.45, 7) is 0.741. The Morgan fingerprint density at radius 1 is 1.20 bits per heavy atom. The molecule has 1 aliphatic carbocycles. The van der Waals surface area contributed by atoms with Crippen molar-refractivity contribution < 1.29 is 4.79 Å². The van der Waals surface area contributed by atoms with E-state index in [1.807, 2.05) is 6.20 Å². The fraction of sp³-hybridized carbons (Fsp3) is 0.471. The molecular formula is C17H22N2O. The van der Waals surface area contributed by atoms with Gasteiger partial charge in [-0.2, -0.15) is 0 Å². The molecule has 1 saturated carbocycles. The molecule has 1 fully saturated rings. The van der Waals surface area contributed by atoms with Crippen LogP contribution in [-0.2, 0) is 11.2 Å². The number of H-pyrrole nitrogens is 1. The van der Waals surface area contributed by atoms with Gasteiger partial charge in [0.25, 0.3) is 0 Å². The second-order valence-corrected chi connectivity index (χ2v) is 5.78. The van der Waals surface area contributed by atoms with E-state index in [2.05, 4.69) is 34.6 Å². The average Bonchev–Trinajstić information content (AvgIpc) is 2.95. The molecule has 1 aromatic heterocycles. The van der Waals surface area contributed by atoms with E-state index in [4.69, 9.17) is 0 Å². The van der Waals surface area contributed by atoms with Crippen LogP contribution in [0, 0.1) is 5.92 Å². The van der Waals surface area contributed by atoms with E-state index in [0.29, 0.717) is 0 Å². The quantitative estimate of drug-likeness (QED) is 0.878. The van der Waals surface area contributed by atoms with Crippen molar-refractivity contribution in [2.45, 2.75) is 38.5 Å². The molecule has 1 aliphatic rings. The standard InChI is InChI=1S/C17H22N2O/c20-17(14-4-2-1-3-5-14)19-10-8-13-6-7-16-15(12-13)9-11-18-16/h6-7,9,11-12,14,18H,1-5,8,10H2,(H,19,20). The predicted octanol–water partition coefficient (Wildman–Crippen LogP) is 3.41. The first kappa shape index (κ1) is 13.2. The lowest BCUT2D eigenvalue weighted by atomic mass is 9.88. The zero-order valence-corrected chi connectivity index (χ0v) is 11.8. The summed E-state index contributed by atoms with van der Waals surface area (Å²) in [5.41, 5.74) is 2.45. The molecule has 0 spiro atoms. The molecule has 0 aliphatic heterocycles. The van der Waals surface area contributed by atoms with Gasteiger partial charge in [0.1, 0.15) is 0 Å². The Kier molecular flexibility index (Phi) is 4.05. The average molecular weight is 270 g/mol. The fourth-order valence-corrected chi connectivity index (χ4v) is 3.10. The monoisotopic (exact) mass is 270 g/mol. The van der Waals surface area contributed by atoms with Crippen LogP contribution in [0.3, 0.4) is 0 Å². The van der Waals surface area contributed by atoms with Gasteiger partial charge in [0.2, 0.25) is 5.91 Å². The van der Waals surface area contributed by atoms with Crippen LogP contribution in [0.25, 0.3) is 10.9 Å². The number of aromatic nitrogens is 1. The smallest absolute Gasteiger partial charge is 0.223 e. The van der Waals surface area contributed by atoms with Crippen molar-refractivity contribution in [2.24, 2.45) is 5.92 Å². The van der Waals surface area contributed by atoms with Gasteiger partial charge in [-0.25, -0.2) is 0 Å². The van der Waals surface area contributed by atoms with Crippen LogP contribution in [0.15, 0.2) is 30.5 Å². The second-order valence-electron chi connectivity index (χ2n) is 5.78. The zero-order valence-electron chi connectivity index (χ0n) is 11.8. The maximum atomic E-state index is 12.0. The molecule has 3 rings (SSSR count). The minimum atomic E-state index is 0.257. The van der Waals surface area contributed by atoms with E-state index >= 15 is 0 Å². The summed E-state index contributed by atoms with van der Waals surface area (Å²) in [6.07, 6.45) is 8.71. The van der Waals surface area contributed by atoms with Crippen LogP contribution in [0.4, 0.5) is 0 Å². The number of hydrogen-bond donors (Lipinski definition) is 2. The molecule has 0 atom stereocenters. The Hall–Kier alpha value is -1.77. The van der Waals surface area contributed by atoms with Crippen LogP contribution in [0.5, 0.6) is 0 Å². The molecule has 1 amide bonds. The highest BCUT2D eigenvalue weighted by molar-refractivity contribution is 5.80. The highest BCUT2D eigenvalue weighted by atomic mass is 16.1. The molecule has 3 heteroatoms. The number of amides is 1. The maximum absolute atomic E-state index is 12.0. The van der Waals surface area contributed by atoms with E-state index in [1.165, 1.54) is 35.7 Å². The molecule has 20 heavy (non-hydrogen) atoms. The van der Waals surface area contributed by atoms with Crippen molar-refractivity contribution in [2.75, 3.05) is 6.54 Å². The van der Waals surface area contributed by atoms with Gasteiger partial charge in [-0.05, 0) is 48.4 Å². The highest BCUT2D eigenvalue weighted by Crippen LogP contribution is 2.23. The van der Waals surface area contributed by atoms with Crippen LogP contribution < -0.4 is 5.32 Å². The number of hydrogen-bond acceptors (Lipinski definition) is 1. The lowest BCUT2D eigenvalue weighted by Gasteiger charge is -2.20. The lowest BCUT2D eigenvalue weighted by molar-refractivity contribution is -0.125. The van der Waals surface area contributed by atoms with E-state index in [9.17, 15) is 4.79 Å². The van der Waals surface area contributed by atoms with Crippen LogP contribution >= 0.6 is 0 Å². The van der Waals surface area contributed by atoms with Gasteiger partial charge >= 0.3 is 0 Å². The predicted molar refractivity (Wildman–Crippen MR) is 81.6 cm³/mol. The minimum Gasteiger partial charge on any atom is -0.361 e. The number of aromatic amines is 1. The summed E-state index contributed by atoms with van der Waals surface area (Å²) in [6, 6.07) is 8.51. The van der Waals surface area contributed by atoms with Crippen LogP contribution in [-0.4, -0.2) is 17.4 Å². The van der Waals surface area contributed by atoms with Crippen molar-refractivity contribution in [1.29, 1.82) is 0 Å². The summed E-state index contributed by atoms with van der Waals surface area (Å²) in [5.74, 6) is 0.517. The van der Waals surface area contributed by atoms with E-state index in [-0.39, 0.29) is 11.8 Å². The molecule has 2 aromatic rings. The van der Waals surface area contributed by atoms with Gasteiger partial charge in [0, 0.05) is 24.2 Å². The first-order chi connectivity index (χ1) is 9.83. The zero-order chi connectivity index (χ0) is 13.8. The summed E-state index contributed by atoms with van der Waals surface area (Å²) in [5, 5.41) is 4.33. The minimum absolute atomic E-state index is 0.257. The van der Waals surface area contributed by atoms with Gasteiger partial charge in [0.15, 0.2) is 0 Å². The van der Waals surface area contributed by atoms with Crippen molar-refractivity contribution in [1.82, 2.24) is 10.3 Å². The maximum Gasteiger partial charge on any atom is 0.223 e. The van der Waals surface area contributed by atoms with Crippen molar-refractivity contribution in [3.8, 4) is 0 Å². The Labute approximate surface area is 119 Å². The number of benzene rings is 1. The Morgan fingerprint density at radius 2 is 2.05 bits per heavy atom. The normalized spacial score (nSPS) is 16.4. The summed E-state index contributed by atoms with van der Waals surface area (Å²) in [4.78, 5) is 15.2. The Bertz CT molecular complexity index is 581. The fourth-order valence-electron chi connectivity index (χ4n) is 3.10. The molecule has 0 bridgehead atoms. The topological polar surface area (TPSA) is 44.9 Å². The van der Waals surface area contributed by atoms with Crippen molar-refractivity contribution in [3.63, 3.8) is 0 Å². The molecule has 1 aromatic carbocycles. The third kappa shape index (κ3) is 3.03. The van der Waals surface area contributed by atoms with Gasteiger partial charge in [-0.1, -0.05) is 25.3 Å². The lowest BCUT2D eigenvalue weighted by Crippen LogP contribution is -2.33. The van der Waals surface area contributed by atoms with E-state index < -0.39 is 0 Å². The van der Waals surface area contributed by atoms with Gasteiger partial charge in [-0.3, -0.25) is 4.79 Å². The molecule has 0 radical (unpaired) electrons. The Morgan fingerprint density at radius 3 is 2.90 bits per heavy atom. The second kappa shape index (κ2) is 6.12. The van der Waals surface area contributed by atoms with Crippen molar-refractivity contribution in [3.05, 3.63) is 36.0 Å². The van der Waals surface area contributed by atoms with Crippen LogP contribution in [0.1, 0.15) is 37.7 Å². The number of fused-ring (bicyclic) bond motifs is 1. The highest BCUT2D eigenvalue weighted by Gasteiger charge is 2.20. The van der Waals surface area contributed by atoms with Gasteiger partial charge in [0.05, 0.1) is 0 Å². The number of carbonyl (C=O) groups excluding carboxylic acids is 1. The molecule has 3 nitrogen and oxygen atoms in total. The third-order valence-electron chi connectivity index (χ3n) is 4.31. The molecule has 0 unspecified atom stereocenters. The van der Waals surface area contributed by atoms with E-state index in [0.717, 1.165) is 25.8 Å². The summed E-state index contributed by atoms with van der Waals surface area (Å²) in [7, 11) is 0. The summed E-state index contributed by atoms with van der Waals surface area (Å²) >= 11 is 0. The van der Waals surface area contributed by atoms with Crippen LogP contribution in [0.2, 0.25) is 0 Å². The number of rotatable bonds is 4. The first-order valence-electron chi connectivity index (χ1n) is 7.67.